The van der Waals surface area contributed by atoms with Gasteiger partial charge >= 0.3 is 0 Å². The molecule has 0 aliphatic carbocycles. The number of thiocarbonyl (C=S) groups is 1. The zero-order valence-electron chi connectivity index (χ0n) is 19.3. The van der Waals surface area contributed by atoms with Crippen molar-refractivity contribution in [2.24, 2.45) is 5.92 Å². The van der Waals surface area contributed by atoms with Crippen LogP contribution >= 0.6 is 24.0 Å². The highest BCUT2D eigenvalue weighted by molar-refractivity contribution is 8.26. The van der Waals surface area contributed by atoms with E-state index in [1.54, 1.807) is 41.4 Å². The Hall–Kier alpha value is -2.97. The quantitative estimate of drug-likeness (QED) is 0.273. The maximum Gasteiger partial charge on any atom is 0.269 e. The van der Waals surface area contributed by atoms with Gasteiger partial charge in [0.2, 0.25) is 5.88 Å². The second kappa shape index (κ2) is 11.0. The van der Waals surface area contributed by atoms with E-state index < -0.39 is 0 Å². The van der Waals surface area contributed by atoms with Crippen molar-refractivity contribution in [3.8, 4) is 11.6 Å². The van der Waals surface area contributed by atoms with Crippen molar-refractivity contribution in [2.75, 3.05) is 6.54 Å². The SMILES string of the molecule is CCCC[C@H](CC)CN1C(=O)/C(=C/c2c(Oc3ccccc3)nc3ccccn3c2=O)SC1=S. The Morgan fingerprint density at radius 2 is 1.88 bits per heavy atom. The van der Waals surface area contributed by atoms with Crippen molar-refractivity contribution >= 4 is 45.9 Å². The maximum absolute atomic E-state index is 13.4. The summed E-state index contributed by atoms with van der Waals surface area (Å²) < 4.78 is 7.95. The zero-order chi connectivity index (χ0) is 24.1. The third kappa shape index (κ3) is 5.23. The molecule has 3 heterocycles. The van der Waals surface area contributed by atoms with Crippen LogP contribution in [-0.2, 0) is 4.79 Å². The van der Waals surface area contributed by atoms with Crippen LogP contribution in [0.3, 0.4) is 0 Å². The maximum atomic E-state index is 13.4. The van der Waals surface area contributed by atoms with E-state index >= 15 is 0 Å². The highest BCUT2D eigenvalue weighted by Gasteiger charge is 2.34. The number of ether oxygens (including phenoxy) is 1. The summed E-state index contributed by atoms with van der Waals surface area (Å²) in [5, 5.41) is 0. The van der Waals surface area contributed by atoms with Crippen LogP contribution in [0.5, 0.6) is 11.6 Å². The van der Waals surface area contributed by atoms with Crippen molar-refractivity contribution in [1.82, 2.24) is 14.3 Å². The molecular weight excluding hydrogens is 466 g/mol. The Labute approximate surface area is 208 Å². The minimum atomic E-state index is -0.309. The van der Waals surface area contributed by atoms with Crippen molar-refractivity contribution < 1.29 is 9.53 Å². The van der Waals surface area contributed by atoms with Crippen LogP contribution in [0, 0.1) is 5.92 Å². The number of fused-ring (bicyclic) bond motifs is 1. The molecule has 0 bridgehead atoms. The fourth-order valence-corrected chi connectivity index (χ4v) is 5.10. The Kier molecular flexibility index (Phi) is 7.80. The van der Waals surface area contributed by atoms with Gasteiger partial charge in [0.15, 0.2) is 0 Å². The van der Waals surface area contributed by atoms with Gasteiger partial charge in [0, 0.05) is 12.7 Å². The minimum Gasteiger partial charge on any atom is -0.438 e. The first kappa shape index (κ1) is 24.2. The average Bonchev–Trinajstić information content (AvgIpc) is 3.11. The molecule has 0 radical (unpaired) electrons. The smallest absolute Gasteiger partial charge is 0.269 e. The highest BCUT2D eigenvalue weighted by atomic mass is 32.2. The van der Waals surface area contributed by atoms with Gasteiger partial charge in [0.25, 0.3) is 11.5 Å². The van der Waals surface area contributed by atoms with Crippen molar-refractivity contribution in [2.45, 2.75) is 39.5 Å². The number of nitrogens with zero attached hydrogens (tertiary/aromatic N) is 3. The van der Waals surface area contributed by atoms with E-state index in [2.05, 4.69) is 18.8 Å². The van der Waals surface area contributed by atoms with Gasteiger partial charge in [0.05, 0.1) is 4.91 Å². The van der Waals surface area contributed by atoms with E-state index in [1.165, 1.54) is 16.2 Å². The third-order valence-corrected chi connectivity index (χ3v) is 7.20. The first-order chi connectivity index (χ1) is 16.5. The second-order valence-electron chi connectivity index (χ2n) is 8.19. The summed E-state index contributed by atoms with van der Waals surface area (Å²) in [4.78, 5) is 33.3. The first-order valence-corrected chi connectivity index (χ1v) is 12.7. The molecule has 8 heteroatoms. The molecule has 1 fully saturated rings. The fraction of sp³-hybridized carbons (Fsp3) is 0.308. The monoisotopic (exact) mass is 493 g/mol. The van der Waals surface area contributed by atoms with E-state index in [1.807, 2.05) is 24.3 Å². The van der Waals surface area contributed by atoms with Crippen molar-refractivity contribution in [3.05, 3.63) is 75.6 Å². The number of unbranched alkanes of at least 4 members (excludes halogenated alkanes) is 1. The Morgan fingerprint density at radius 1 is 1.12 bits per heavy atom. The van der Waals surface area contributed by atoms with Crippen LogP contribution in [0.4, 0.5) is 0 Å². The number of amides is 1. The molecule has 4 rings (SSSR count). The summed E-state index contributed by atoms with van der Waals surface area (Å²) in [7, 11) is 0. The Balaban J connectivity index is 1.71. The first-order valence-electron chi connectivity index (χ1n) is 11.5. The third-order valence-electron chi connectivity index (χ3n) is 5.82. The van der Waals surface area contributed by atoms with E-state index in [-0.39, 0.29) is 22.9 Å². The summed E-state index contributed by atoms with van der Waals surface area (Å²) in [5.41, 5.74) is 0.368. The number of carbonyl (C=O) groups excluding carboxylic acids is 1. The van der Waals surface area contributed by atoms with E-state index in [0.717, 1.165) is 25.7 Å². The van der Waals surface area contributed by atoms with Gasteiger partial charge in [-0.25, -0.2) is 0 Å². The summed E-state index contributed by atoms with van der Waals surface area (Å²) in [6, 6.07) is 14.5. The van der Waals surface area contributed by atoms with Gasteiger partial charge in [-0.15, -0.1) is 0 Å². The normalized spacial score (nSPS) is 15.9. The van der Waals surface area contributed by atoms with E-state index in [4.69, 9.17) is 17.0 Å². The predicted octanol–water partition coefficient (Wildman–Crippen LogP) is 5.90. The second-order valence-corrected chi connectivity index (χ2v) is 9.86. The van der Waals surface area contributed by atoms with Crippen LogP contribution in [0.1, 0.15) is 45.1 Å². The molecule has 1 aromatic carbocycles. The molecular formula is C26H27N3O3S2. The van der Waals surface area contributed by atoms with Crippen LogP contribution < -0.4 is 10.3 Å². The molecule has 1 aliphatic rings. The van der Waals surface area contributed by atoms with Gasteiger partial charge in [-0.1, -0.05) is 81.4 Å². The molecule has 2 aromatic heterocycles. The van der Waals surface area contributed by atoms with Crippen molar-refractivity contribution in [3.63, 3.8) is 0 Å². The minimum absolute atomic E-state index is 0.155. The molecule has 3 aromatic rings. The molecule has 34 heavy (non-hydrogen) atoms. The Bertz CT molecular complexity index is 1290. The van der Waals surface area contributed by atoms with Crippen LogP contribution in [0.15, 0.2) is 64.4 Å². The molecule has 1 amide bonds. The van der Waals surface area contributed by atoms with Gasteiger partial charge < -0.3 is 4.74 Å². The molecule has 0 spiro atoms. The highest BCUT2D eigenvalue weighted by Crippen LogP contribution is 2.35. The summed E-state index contributed by atoms with van der Waals surface area (Å²) in [5.74, 6) is 0.931. The lowest BCUT2D eigenvalue weighted by atomic mass is 9.99. The van der Waals surface area contributed by atoms with Crippen LogP contribution in [0.25, 0.3) is 11.7 Å². The largest absolute Gasteiger partial charge is 0.438 e. The lowest BCUT2D eigenvalue weighted by molar-refractivity contribution is -0.122. The zero-order valence-corrected chi connectivity index (χ0v) is 20.9. The summed E-state index contributed by atoms with van der Waals surface area (Å²) in [6.45, 7) is 4.91. The number of aromatic nitrogens is 2. The summed E-state index contributed by atoms with van der Waals surface area (Å²) >= 11 is 6.75. The lowest BCUT2D eigenvalue weighted by Gasteiger charge is -2.21. The molecule has 176 valence electrons. The van der Waals surface area contributed by atoms with Gasteiger partial charge in [0.1, 0.15) is 21.3 Å². The fourth-order valence-electron chi connectivity index (χ4n) is 3.85. The topological polar surface area (TPSA) is 63.9 Å². The predicted molar refractivity (Wildman–Crippen MR) is 141 cm³/mol. The summed E-state index contributed by atoms with van der Waals surface area (Å²) in [6.07, 6.45) is 7.52. The number of thioether (sulfide) groups is 1. The molecule has 1 saturated heterocycles. The lowest BCUT2D eigenvalue weighted by Crippen LogP contribution is -2.33. The van der Waals surface area contributed by atoms with Crippen LogP contribution in [-0.4, -0.2) is 31.1 Å². The van der Waals surface area contributed by atoms with Gasteiger partial charge in [-0.3, -0.25) is 18.9 Å². The van der Waals surface area contributed by atoms with E-state index in [9.17, 15) is 9.59 Å². The number of pyridine rings is 1. The number of hydrogen-bond acceptors (Lipinski definition) is 6. The standard InChI is InChI=1S/C26H27N3O3S2/c1-3-5-11-18(4-2)17-29-25(31)21(34-26(29)33)16-20-23(32-19-12-7-6-8-13-19)27-22-14-9-10-15-28(22)24(20)30/h6-10,12-16,18H,3-5,11,17H2,1-2H3/b21-16-/t18-/m0/s1. The molecule has 6 nitrogen and oxygen atoms in total. The number of hydrogen-bond donors (Lipinski definition) is 0. The molecule has 0 unspecified atom stereocenters. The van der Waals surface area contributed by atoms with Crippen molar-refractivity contribution in [1.29, 1.82) is 0 Å². The number of benzene rings is 1. The molecule has 0 saturated carbocycles. The molecule has 0 N–H and O–H groups in total. The number of rotatable bonds is 9. The number of para-hydroxylation sites is 1. The van der Waals surface area contributed by atoms with Gasteiger partial charge in [-0.2, -0.15) is 4.98 Å². The van der Waals surface area contributed by atoms with E-state index in [0.29, 0.717) is 33.1 Å². The number of carbonyl (C=O) groups is 1. The van der Waals surface area contributed by atoms with Crippen LogP contribution in [0.2, 0.25) is 0 Å². The average molecular weight is 494 g/mol. The Morgan fingerprint density at radius 3 is 2.62 bits per heavy atom. The molecule has 1 atom stereocenters. The van der Waals surface area contributed by atoms with Gasteiger partial charge in [-0.05, 0) is 42.7 Å². The molecule has 1 aliphatic heterocycles.